The van der Waals surface area contributed by atoms with Gasteiger partial charge in [0.1, 0.15) is 21.9 Å². The summed E-state index contributed by atoms with van der Waals surface area (Å²) < 4.78 is 53.8. The maximum atomic E-state index is 13.1. The Labute approximate surface area is 176 Å². The largest absolute Gasteiger partial charge is 0.377 e. The van der Waals surface area contributed by atoms with E-state index in [0.29, 0.717) is 25.3 Å². The molecule has 17 heteroatoms. The first kappa shape index (κ1) is 21.2. The molecule has 1 saturated heterocycles. The number of primary sulfonamides is 1. The van der Waals surface area contributed by atoms with Gasteiger partial charge in [0, 0.05) is 18.3 Å². The lowest BCUT2D eigenvalue weighted by atomic mass is 10.1. The zero-order valence-corrected chi connectivity index (χ0v) is 17.5. The molecule has 1 aliphatic rings. The molecule has 1 fully saturated rings. The van der Waals surface area contributed by atoms with Crippen LogP contribution in [0.1, 0.15) is 12.2 Å². The Morgan fingerprint density at radius 2 is 2.06 bits per heavy atom. The van der Waals surface area contributed by atoms with E-state index in [1.807, 2.05) is 0 Å². The first-order valence-electron chi connectivity index (χ1n) is 9.00. The van der Waals surface area contributed by atoms with Crippen molar-refractivity contribution in [2.24, 2.45) is 5.14 Å². The monoisotopic (exact) mass is 469 g/mol. The SMILES string of the molecule is NS(=O)(=O)c1c(S(=O)(=O)N[C@@H]2CCNC2)ccc(NCc2ncn[nH]2)c1-c1nn[nH]n1. The number of nitrogens with one attached hydrogen (secondary N) is 5. The van der Waals surface area contributed by atoms with E-state index < -0.39 is 29.8 Å². The highest BCUT2D eigenvalue weighted by atomic mass is 32.2. The van der Waals surface area contributed by atoms with Crippen molar-refractivity contribution >= 4 is 25.7 Å². The molecule has 15 nitrogen and oxygen atoms in total. The Morgan fingerprint density at radius 1 is 1.23 bits per heavy atom. The van der Waals surface area contributed by atoms with Gasteiger partial charge in [-0.3, -0.25) is 5.10 Å². The summed E-state index contributed by atoms with van der Waals surface area (Å²) in [4.78, 5) is 2.82. The highest BCUT2D eigenvalue weighted by molar-refractivity contribution is 7.92. The van der Waals surface area contributed by atoms with Crippen molar-refractivity contribution in [1.82, 2.24) is 45.8 Å². The Hall–Kier alpha value is -2.99. The van der Waals surface area contributed by atoms with Gasteiger partial charge < -0.3 is 10.6 Å². The van der Waals surface area contributed by atoms with Gasteiger partial charge in [-0.05, 0) is 30.3 Å². The molecule has 31 heavy (non-hydrogen) atoms. The van der Waals surface area contributed by atoms with E-state index in [1.165, 1.54) is 12.4 Å². The number of anilines is 1. The average Bonchev–Trinajstić information content (AvgIpc) is 3.47. The first-order valence-corrected chi connectivity index (χ1v) is 12.0. The molecule has 166 valence electrons. The van der Waals surface area contributed by atoms with Gasteiger partial charge in [-0.25, -0.2) is 31.7 Å². The third-order valence-corrected chi connectivity index (χ3v) is 7.24. The number of rotatable bonds is 8. The summed E-state index contributed by atoms with van der Waals surface area (Å²) in [6.07, 6.45) is 1.88. The summed E-state index contributed by atoms with van der Waals surface area (Å²) >= 11 is 0. The standard InChI is InChI=1S/C14H19N11O4S2/c15-30(26,27)13-10(31(28,29)23-8-3-4-16-5-8)2-1-9(12(13)14-21-24-25-22-14)17-6-11-18-7-19-20-11/h1-2,7-8,16-17,23H,3-6H2,(H2,15,26,27)(H,18,19,20)(H,21,22,24,25)/t8-/m1/s1. The Kier molecular flexibility index (Phi) is 5.67. The summed E-state index contributed by atoms with van der Waals surface area (Å²) in [5, 5.41) is 31.2. The second kappa shape index (κ2) is 8.27. The van der Waals surface area contributed by atoms with Crippen LogP contribution in [0.5, 0.6) is 0 Å². The zero-order valence-electron chi connectivity index (χ0n) is 15.9. The molecule has 3 aromatic rings. The van der Waals surface area contributed by atoms with Crippen LogP contribution in [-0.2, 0) is 26.6 Å². The number of tetrazole rings is 1. The predicted octanol–water partition coefficient (Wildman–Crippen LogP) is -2.12. The molecule has 0 radical (unpaired) electrons. The van der Waals surface area contributed by atoms with Gasteiger partial charge in [-0.15, -0.1) is 10.2 Å². The molecule has 7 N–H and O–H groups in total. The van der Waals surface area contributed by atoms with Crippen molar-refractivity contribution in [1.29, 1.82) is 0 Å². The quantitative estimate of drug-likeness (QED) is 0.209. The lowest BCUT2D eigenvalue weighted by Crippen LogP contribution is -2.37. The normalized spacial score (nSPS) is 17.1. The maximum Gasteiger partial charge on any atom is 0.242 e. The number of H-pyrrole nitrogens is 2. The van der Waals surface area contributed by atoms with Gasteiger partial charge in [-0.1, -0.05) is 0 Å². The van der Waals surface area contributed by atoms with Crippen LogP contribution in [0.2, 0.25) is 0 Å². The van der Waals surface area contributed by atoms with Crippen molar-refractivity contribution in [3.8, 4) is 11.4 Å². The lowest BCUT2D eigenvalue weighted by molar-refractivity contribution is 0.555. The van der Waals surface area contributed by atoms with Crippen molar-refractivity contribution in [2.45, 2.75) is 28.8 Å². The second-order valence-corrected chi connectivity index (χ2v) is 9.87. The molecular weight excluding hydrogens is 450 g/mol. The van der Waals surface area contributed by atoms with Crippen LogP contribution in [0.3, 0.4) is 0 Å². The number of hydrogen-bond donors (Lipinski definition) is 6. The van der Waals surface area contributed by atoms with E-state index in [9.17, 15) is 16.8 Å². The molecule has 3 heterocycles. The second-order valence-electron chi connectivity index (χ2n) is 6.69. The van der Waals surface area contributed by atoms with Gasteiger partial charge in [0.2, 0.25) is 25.9 Å². The van der Waals surface area contributed by atoms with Gasteiger partial charge in [0.15, 0.2) is 0 Å². The Morgan fingerprint density at radius 3 is 2.68 bits per heavy atom. The van der Waals surface area contributed by atoms with Crippen molar-refractivity contribution < 1.29 is 16.8 Å². The fourth-order valence-corrected chi connectivity index (χ4v) is 6.10. The van der Waals surface area contributed by atoms with Crippen LogP contribution < -0.4 is 20.5 Å². The summed E-state index contributed by atoms with van der Waals surface area (Å²) in [6, 6.07) is 2.19. The van der Waals surface area contributed by atoms with Crippen LogP contribution in [0.15, 0.2) is 28.3 Å². The minimum absolute atomic E-state index is 0.132. The van der Waals surface area contributed by atoms with Crippen LogP contribution in [0, 0.1) is 0 Å². The number of aromatic amines is 2. The molecule has 4 rings (SSSR count). The number of sulfonamides is 2. The zero-order chi connectivity index (χ0) is 22.1. The summed E-state index contributed by atoms with van der Waals surface area (Å²) in [7, 11) is -8.77. The molecule has 0 aliphatic carbocycles. The fraction of sp³-hybridized carbons (Fsp3) is 0.357. The van der Waals surface area contributed by atoms with Gasteiger partial charge in [0.05, 0.1) is 12.1 Å². The third-order valence-electron chi connectivity index (χ3n) is 4.56. The molecular formula is C14H19N11O4S2. The molecule has 1 atom stereocenters. The summed E-state index contributed by atoms with van der Waals surface area (Å²) in [6.45, 7) is 1.21. The minimum Gasteiger partial charge on any atom is -0.377 e. The minimum atomic E-state index is -4.53. The number of nitrogens with zero attached hydrogens (tertiary/aromatic N) is 5. The number of benzene rings is 1. The molecule has 0 amide bonds. The van der Waals surface area contributed by atoms with Crippen LogP contribution in [0.4, 0.5) is 5.69 Å². The van der Waals surface area contributed by atoms with E-state index in [1.54, 1.807) is 0 Å². The maximum absolute atomic E-state index is 13.1. The van der Waals surface area contributed by atoms with Crippen molar-refractivity contribution in [3.63, 3.8) is 0 Å². The molecule has 2 aromatic heterocycles. The summed E-state index contributed by atoms with van der Waals surface area (Å²) in [5.41, 5.74) is 0.0755. The fourth-order valence-electron chi connectivity index (χ4n) is 3.23. The number of hydrogen-bond acceptors (Lipinski definition) is 11. The predicted molar refractivity (Wildman–Crippen MR) is 106 cm³/mol. The first-order chi connectivity index (χ1) is 14.8. The molecule has 0 unspecified atom stereocenters. The highest BCUT2D eigenvalue weighted by Crippen LogP contribution is 2.36. The van der Waals surface area contributed by atoms with Gasteiger partial charge in [-0.2, -0.15) is 10.3 Å². The van der Waals surface area contributed by atoms with Crippen LogP contribution in [-0.4, -0.2) is 71.8 Å². The number of nitrogens with two attached hydrogens (primary N) is 1. The number of aromatic nitrogens is 7. The average molecular weight is 470 g/mol. The van der Waals surface area contributed by atoms with Crippen molar-refractivity contribution in [3.05, 3.63) is 24.3 Å². The smallest absolute Gasteiger partial charge is 0.242 e. The van der Waals surface area contributed by atoms with E-state index in [2.05, 4.69) is 51.2 Å². The Bertz CT molecular complexity index is 1250. The Balaban J connectivity index is 1.85. The van der Waals surface area contributed by atoms with Gasteiger partial charge in [0.25, 0.3) is 0 Å². The van der Waals surface area contributed by atoms with Gasteiger partial charge >= 0.3 is 0 Å². The van der Waals surface area contributed by atoms with E-state index in [0.717, 1.165) is 6.07 Å². The van der Waals surface area contributed by atoms with E-state index in [4.69, 9.17) is 5.14 Å². The topological polar surface area (TPSA) is 226 Å². The van der Waals surface area contributed by atoms with Crippen LogP contribution >= 0.6 is 0 Å². The highest BCUT2D eigenvalue weighted by Gasteiger charge is 2.33. The third kappa shape index (κ3) is 4.54. The molecule has 0 saturated carbocycles. The van der Waals surface area contributed by atoms with E-state index in [-0.39, 0.29) is 29.7 Å². The molecule has 1 aliphatic heterocycles. The van der Waals surface area contributed by atoms with Crippen LogP contribution in [0.25, 0.3) is 11.4 Å². The molecule has 0 bridgehead atoms. The van der Waals surface area contributed by atoms with Crippen molar-refractivity contribution in [2.75, 3.05) is 18.4 Å². The summed E-state index contributed by atoms with van der Waals surface area (Å²) in [5.74, 6) is 0.312. The lowest BCUT2D eigenvalue weighted by Gasteiger charge is -2.18. The molecule has 1 aromatic carbocycles. The molecule has 0 spiro atoms. The van der Waals surface area contributed by atoms with E-state index >= 15 is 0 Å².